The lowest BCUT2D eigenvalue weighted by Crippen LogP contribution is -2.36. The van der Waals surface area contributed by atoms with E-state index in [0.717, 1.165) is 27.3 Å². The third-order valence-corrected chi connectivity index (χ3v) is 6.16. The Morgan fingerprint density at radius 1 is 1.04 bits per heavy atom. The molecule has 1 aromatic carbocycles. The first-order chi connectivity index (χ1) is 12.8. The van der Waals surface area contributed by atoms with Gasteiger partial charge in [0.2, 0.25) is 5.91 Å². The summed E-state index contributed by atoms with van der Waals surface area (Å²) in [5.74, 6) is -2.44. The molecule has 0 saturated heterocycles. The number of carboxylic acid groups (broad SMARTS) is 1. The highest BCUT2D eigenvalue weighted by Crippen LogP contribution is 2.36. The van der Waals surface area contributed by atoms with Crippen molar-refractivity contribution in [3.05, 3.63) is 45.9 Å². The average Bonchev–Trinajstić information content (AvgIpc) is 2.97. The molecule has 1 aliphatic rings. The number of nitrogens with one attached hydrogen (secondary N) is 1. The molecule has 1 heterocycles. The van der Waals surface area contributed by atoms with E-state index in [1.165, 1.54) is 16.9 Å². The van der Waals surface area contributed by atoms with Gasteiger partial charge in [0.1, 0.15) is 0 Å². The third-order valence-electron chi connectivity index (χ3n) is 5.27. The second-order valence-corrected chi connectivity index (χ2v) is 8.50. The molecule has 0 radical (unpaired) electrons. The molecule has 2 aromatic rings. The highest BCUT2D eigenvalue weighted by atomic mass is 32.1. The summed E-state index contributed by atoms with van der Waals surface area (Å²) in [4.78, 5) is 30.0. The fraction of sp³-hybridized carbons (Fsp3) is 0.381. The van der Waals surface area contributed by atoms with Crippen LogP contribution in [-0.4, -0.2) is 22.0 Å². The molecule has 1 aromatic heterocycles. The monoisotopic (exact) mass is 384 g/mol. The summed E-state index contributed by atoms with van der Waals surface area (Å²) in [6, 6.07) is 8.09. The molecule has 2 N–H and O–H groups in total. The van der Waals surface area contributed by atoms with Crippen molar-refractivity contribution in [1.82, 2.24) is 4.98 Å². The number of carbonyl (C=O) groups excluding carboxylic acids is 1. The first kappa shape index (κ1) is 19.3. The van der Waals surface area contributed by atoms with Crippen LogP contribution < -0.4 is 5.32 Å². The van der Waals surface area contributed by atoms with Gasteiger partial charge in [-0.1, -0.05) is 41.0 Å². The molecule has 2 atom stereocenters. The van der Waals surface area contributed by atoms with Crippen LogP contribution in [0.15, 0.2) is 35.4 Å². The summed E-state index contributed by atoms with van der Waals surface area (Å²) in [5, 5.41) is 12.9. The number of aryl methyl sites for hydroxylation is 2. The number of aromatic nitrogens is 1. The Kier molecular flexibility index (Phi) is 5.46. The van der Waals surface area contributed by atoms with Gasteiger partial charge in [0.05, 0.1) is 17.5 Å². The lowest BCUT2D eigenvalue weighted by atomic mass is 9.76. The van der Waals surface area contributed by atoms with Gasteiger partial charge in [-0.3, -0.25) is 9.59 Å². The average molecular weight is 385 g/mol. The van der Waals surface area contributed by atoms with Gasteiger partial charge in [-0.25, -0.2) is 4.98 Å². The third kappa shape index (κ3) is 4.11. The van der Waals surface area contributed by atoms with Crippen molar-refractivity contribution in [2.45, 2.75) is 40.5 Å². The largest absolute Gasteiger partial charge is 0.481 e. The maximum atomic E-state index is 12.8. The van der Waals surface area contributed by atoms with E-state index in [1.807, 2.05) is 52.0 Å². The molecule has 6 heteroatoms. The topological polar surface area (TPSA) is 79.3 Å². The van der Waals surface area contributed by atoms with E-state index in [2.05, 4.69) is 10.3 Å². The number of hydrogen-bond donors (Lipinski definition) is 2. The Balaban J connectivity index is 1.81. The van der Waals surface area contributed by atoms with Crippen molar-refractivity contribution in [2.24, 2.45) is 11.8 Å². The zero-order valence-corrected chi connectivity index (χ0v) is 16.8. The number of aliphatic carboxylic acids is 1. The van der Waals surface area contributed by atoms with Gasteiger partial charge in [0, 0.05) is 10.4 Å². The van der Waals surface area contributed by atoms with Crippen molar-refractivity contribution in [3.8, 4) is 11.3 Å². The molecule has 0 saturated carbocycles. The predicted molar refractivity (Wildman–Crippen MR) is 108 cm³/mol. The summed E-state index contributed by atoms with van der Waals surface area (Å²) >= 11 is 1.41. The second kappa shape index (κ2) is 7.64. The van der Waals surface area contributed by atoms with Crippen LogP contribution in [0.25, 0.3) is 11.3 Å². The minimum atomic E-state index is -0.919. The van der Waals surface area contributed by atoms with Crippen LogP contribution in [0, 0.1) is 25.7 Å². The zero-order valence-electron chi connectivity index (χ0n) is 16.0. The lowest BCUT2D eigenvalue weighted by Gasteiger charge is -2.29. The molecule has 3 rings (SSSR count). The van der Waals surface area contributed by atoms with Crippen LogP contribution in [0.3, 0.4) is 0 Å². The fourth-order valence-corrected chi connectivity index (χ4v) is 4.29. The first-order valence-electron chi connectivity index (χ1n) is 8.99. The van der Waals surface area contributed by atoms with Crippen LogP contribution in [0.5, 0.6) is 0 Å². The number of carboxylic acids is 1. The Morgan fingerprint density at radius 2 is 1.63 bits per heavy atom. The zero-order chi connectivity index (χ0) is 19.7. The van der Waals surface area contributed by atoms with E-state index in [1.54, 1.807) is 0 Å². The Bertz CT molecular complexity index is 912. The standard InChI is InChI=1S/C21H24N2O3S/c1-11-5-7-15(8-6-11)18-14(4)27-21(22-18)23-19(24)16-9-12(2)13(3)10-17(16)20(25)26/h5-8,16-17H,9-10H2,1-4H3,(H,25,26)(H,22,23,24)/t16-,17-/m0/s1. The van der Waals surface area contributed by atoms with Crippen molar-refractivity contribution in [2.75, 3.05) is 5.32 Å². The van der Waals surface area contributed by atoms with E-state index in [0.29, 0.717) is 18.0 Å². The quantitative estimate of drug-likeness (QED) is 0.741. The van der Waals surface area contributed by atoms with E-state index in [9.17, 15) is 14.7 Å². The smallest absolute Gasteiger partial charge is 0.307 e. The van der Waals surface area contributed by atoms with E-state index >= 15 is 0 Å². The van der Waals surface area contributed by atoms with Crippen LogP contribution in [0.2, 0.25) is 0 Å². The van der Waals surface area contributed by atoms with Crippen LogP contribution in [-0.2, 0) is 9.59 Å². The molecular weight excluding hydrogens is 360 g/mol. The number of benzene rings is 1. The van der Waals surface area contributed by atoms with Gasteiger partial charge in [-0.2, -0.15) is 0 Å². The SMILES string of the molecule is CC1=C(C)C[C@H](C(=O)Nc2nc(-c3ccc(C)cc3)c(C)s2)[C@@H](C(=O)O)C1. The van der Waals surface area contributed by atoms with Gasteiger partial charge < -0.3 is 10.4 Å². The number of rotatable bonds is 4. The Labute approximate surface area is 163 Å². The molecular formula is C21H24N2O3S. The number of hydrogen-bond acceptors (Lipinski definition) is 4. The maximum absolute atomic E-state index is 12.8. The van der Waals surface area contributed by atoms with E-state index < -0.39 is 17.8 Å². The molecule has 0 aliphatic heterocycles. The lowest BCUT2D eigenvalue weighted by molar-refractivity contribution is -0.146. The molecule has 0 fully saturated rings. The second-order valence-electron chi connectivity index (χ2n) is 7.30. The molecule has 27 heavy (non-hydrogen) atoms. The van der Waals surface area contributed by atoms with Crippen LogP contribution >= 0.6 is 11.3 Å². The number of amides is 1. The molecule has 1 amide bonds. The minimum absolute atomic E-state index is 0.265. The normalized spacial score (nSPS) is 19.9. The molecule has 0 spiro atoms. The molecule has 5 nitrogen and oxygen atoms in total. The maximum Gasteiger partial charge on any atom is 0.307 e. The molecule has 0 bridgehead atoms. The number of allylic oxidation sites excluding steroid dienone is 2. The fourth-order valence-electron chi connectivity index (χ4n) is 3.45. The predicted octanol–water partition coefficient (Wildman–Crippen LogP) is 4.81. The summed E-state index contributed by atoms with van der Waals surface area (Å²) in [6.45, 7) is 7.91. The number of thiazole rings is 1. The van der Waals surface area contributed by atoms with Gasteiger partial charge in [0.15, 0.2) is 5.13 Å². The molecule has 0 unspecified atom stereocenters. The highest BCUT2D eigenvalue weighted by molar-refractivity contribution is 7.16. The first-order valence-corrected chi connectivity index (χ1v) is 9.81. The molecule has 1 aliphatic carbocycles. The highest BCUT2D eigenvalue weighted by Gasteiger charge is 2.37. The van der Waals surface area contributed by atoms with Gasteiger partial charge >= 0.3 is 5.97 Å². The van der Waals surface area contributed by atoms with E-state index in [4.69, 9.17) is 0 Å². The van der Waals surface area contributed by atoms with Crippen LogP contribution in [0.4, 0.5) is 5.13 Å². The number of nitrogens with zero attached hydrogens (tertiary/aromatic N) is 1. The van der Waals surface area contributed by atoms with E-state index in [-0.39, 0.29) is 5.91 Å². The molecule has 142 valence electrons. The number of carbonyl (C=O) groups is 2. The van der Waals surface area contributed by atoms with Crippen molar-refractivity contribution in [3.63, 3.8) is 0 Å². The summed E-state index contributed by atoms with van der Waals surface area (Å²) in [7, 11) is 0. The summed E-state index contributed by atoms with van der Waals surface area (Å²) in [6.07, 6.45) is 0.897. The van der Waals surface area contributed by atoms with Gasteiger partial charge in [-0.05, 0) is 40.5 Å². The number of anilines is 1. The van der Waals surface area contributed by atoms with Gasteiger partial charge in [0.25, 0.3) is 0 Å². The van der Waals surface area contributed by atoms with Gasteiger partial charge in [-0.15, -0.1) is 11.3 Å². The Morgan fingerprint density at radius 3 is 2.22 bits per heavy atom. The van der Waals surface area contributed by atoms with Crippen LogP contribution in [0.1, 0.15) is 37.1 Å². The van der Waals surface area contributed by atoms with Crippen molar-refractivity contribution in [1.29, 1.82) is 0 Å². The van der Waals surface area contributed by atoms with Crippen molar-refractivity contribution < 1.29 is 14.7 Å². The summed E-state index contributed by atoms with van der Waals surface area (Å²) in [5.41, 5.74) is 5.20. The van der Waals surface area contributed by atoms with Crippen molar-refractivity contribution >= 4 is 28.3 Å². The Hall–Kier alpha value is -2.47. The minimum Gasteiger partial charge on any atom is -0.481 e. The summed E-state index contributed by atoms with van der Waals surface area (Å²) < 4.78 is 0.